The number of aldehydes is 1. The smallest absolute Gasteiger partial charge is 0.303 e. The molecule has 5 heteroatoms. The molecule has 1 saturated carbocycles. The number of ether oxygens (including phenoxy) is 1. The Morgan fingerprint density at radius 2 is 2.08 bits per heavy atom. The van der Waals surface area contributed by atoms with Crippen molar-refractivity contribution in [3.63, 3.8) is 0 Å². The number of carboxylic acid groups (broad SMARTS) is 1. The van der Waals surface area contributed by atoms with E-state index in [4.69, 9.17) is 9.84 Å². The number of rotatable bonds is 8. The van der Waals surface area contributed by atoms with Gasteiger partial charge in [-0.15, -0.1) is 0 Å². The van der Waals surface area contributed by atoms with Gasteiger partial charge in [0, 0.05) is 17.8 Å². The number of carbonyl (C=O) groups is 2. The lowest BCUT2D eigenvalue weighted by Gasteiger charge is -2.37. The minimum Gasteiger partial charge on any atom is -0.481 e. The molecule has 0 amide bonds. The van der Waals surface area contributed by atoms with E-state index in [1.54, 1.807) is 12.1 Å². The van der Waals surface area contributed by atoms with Crippen LogP contribution in [0.4, 0.5) is 4.39 Å². The van der Waals surface area contributed by atoms with Crippen LogP contribution < -0.4 is 0 Å². The van der Waals surface area contributed by atoms with Gasteiger partial charge in [-0.05, 0) is 49.3 Å². The molecular formula is C20H23FO4. The zero-order valence-corrected chi connectivity index (χ0v) is 14.1. The first-order valence-electron chi connectivity index (χ1n) is 8.76. The molecular weight excluding hydrogens is 323 g/mol. The average molecular weight is 346 g/mol. The van der Waals surface area contributed by atoms with Crippen molar-refractivity contribution in [1.82, 2.24) is 0 Å². The van der Waals surface area contributed by atoms with Gasteiger partial charge in [0.25, 0.3) is 0 Å². The van der Waals surface area contributed by atoms with Crippen molar-refractivity contribution >= 4 is 12.3 Å². The van der Waals surface area contributed by atoms with Crippen molar-refractivity contribution in [3.8, 4) is 0 Å². The number of carbonyl (C=O) groups excluding carboxylic acids is 1. The minimum absolute atomic E-state index is 0.0621. The van der Waals surface area contributed by atoms with Crippen LogP contribution in [0.15, 0.2) is 36.4 Å². The van der Waals surface area contributed by atoms with E-state index in [0.29, 0.717) is 19.4 Å². The van der Waals surface area contributed by atoms with Crippen LogP contribution >= 0.6 is 0 Å². The quantitative estimate of drug-likeness (QED) is 0.444. The van der Waals surface area contributed by atoms with Gasteiger partial charge in [0.15, 0.2) is 0 Å². The normalized spacial score (nSPS) is 30.8. The van der Waals surface area contributed by atoms with Crippen LogP contribution in [0, 0.1) is 17.7 Å². The molecule has 1 N–H and O–H groups in total. The van der Waals surface area contributed by atoms with Crippen LogP contribution in [0.5, 0.6) is 0 Å². The van der Waals surface area contributed by atoms with Crippen LogP contribution in [-0.4, -0.2) is 30.1 Å². The third-order valence-corrected chi connectivity index (χ3v) is 5.62. The standard InChI is InChI=1S/C20H23FO4/c21-15-9-7-14(8-10-15)20-11-18(25-13-20)16(12-22)17(20)5-3-1-2-4-6-19(23)24/h1,3,7-10,12,16-18H,2,4-6,11,13H2,(H,23,24)/b3-1-/t16-,17-,18-,20-/m0/s1. The summed E-state index contributed by atoms with van der Waals surface area (Å²) >= 11 is 0. The molecule has 134 valence electrons. The van der Waals surface area contributed by atoms with E-state index in [1.807, 2.05) is 6.08 Å². The number of aliphatic carboxylic acids is 1. The molecule has 1 aromatic rings. The Balaban J connectivity index is 1.72. The fourth-order valence-electron chi connectivity index (χ4n) is 4.36. The van der Waals surface area contributed by atoms with E-state index in [2.05, 4.69) is 6.08 Å². The van der Waals surface area contributed by atoms with Crippen LogP contribution in [0.25, 0.3) is 0 Å². The lowest BCUT2D eigenvalue weighted by atomic mass is 9.69. The van der Waals surface area contributed by atoms with E-state index in [-0.39, 0.29) is 35.6 Å². The van der Waals surface area contributed by atoms with Crippen molar-refractivity contribution in [2.24, 2.45) is 11.8 Å². The number of allylic oxidation sites excluding steroid dienone is 2. The lowest BCUT2D eigenvalue weighted by Crippen LogP contribution is -2.40. The Morgan fingerprint density at radius 3 is 2.76 bits per heavy atom. The largest absolute Gasteiger partial charge is 0.481 e. The molecule has 2 fully saturated rings. The number of hydrogen-bond acceptors (Lipinski definition) is 3. The van der Waals surface area contributed by atoms with E-state index in [1.165, 1.54) is 12.1 Å². The Bertz CT molecular complexity index is 654. The fraction of sp³-hybridized carbons (Fsp3) is 0.500. The van der Waals surface area contributed by atoms with Gasteiger partial charge >= 0.3 is 5.97 Å². The fourth-order valence-corrected chi connectivity index (χ4v) is 4.36. The van der Waals surface area contributed by atoms with Gasteiger partial charge in [-0.3, -0.25) is 4.79 Å². The summed E-state index contributed by atoms with van der Waals surface area (Å²) in [7, 11) is 0. The second kappa shape index (κ2) is 7.48. The summed E-state index contributed by atoms with van der Waals surface area (Å²) in [5, 5.41) is 8.66. The number of hydrogen-bond donors (Lipinski definition) is 1. The maximum atomic E-state index is 13.3. The zero-order chi connectivity index (χ0) is 17.9. The Labute approximate surface area is 146 Å². The highest BCUT2D eigenvalue weighted by Crippen LogP contribution is 2.55. The topological polar surface area (TPSA) is 63.6 Å². The minimum atomic E-state index is -0.782. The van der Waals surface area contributed by atoms with Gasteiger partial charge in [0.2, 0.25) is 0 Å². The van der Waals surface area contributed by atoms with Gasteiger partial charge < -0.3 is 14.6 Å². The SMILES string of the molecule is O=C[C@@H]1[C@@H]2C[C@@](c3ccc(F)cc3)(CO2)[C@H]1C/C=C\CCCC(=O)O. The zero-order valence-electron chi connectivity index (χ0n) is 14.1. The van der Waals surface area contributed by atoms with Gasteiger partial charge in [-0.25, -0.2) is 4.39 Å². The first-order valence-corrected chi connectivity index (χ1v) is 8.76. The number of carboxylic acids is 1. The first kappa shape index (κ1) is 17.8. The highest BCUT2D eigenvalue weighted by Gasteiger charge is 2.59. The van der Waals surface area contributed by atoms with E-state index in [0.717, 1.165) is 24.7 Å². The Kier molecular flexibility index (Phi) is 5.33. The molecule has 0 radical (unpaired) electrons. The molecule has 1 saturated heterocycles. The third-order valence-electron chi connectivity index (χ3n) is 5.62. The summed E-state index contributed by atoms with van der Waals surface area (Å²) in [5.74, 6) is -1.07. The first-order chi connectivity index (χ1) is 12.1. The lowest BCUT2D eigenvalue weighted by molar-refractivity contribution is -0.137. The molecule has 2 bridgehead atoms. The predicted molar refractivity (Wildman–Crippen MR) is 90.7 cm³/mol. The molecule has 4 atom stereocenters. The second-order valence-corrected chi connectivity index (χ2v) is 7.03. The molecule has 1 heterocycles. The number of fused-ring (bicyclic) bond motifs is 2. The average Bonchev–Trinajstić information content (AvgIpc) is 3.15. The molecule has 0 aromatic heterocycles. The summed E-state index contributed by atoms with van der Waals surface area (Å²) in [6.45, 7) is 0.561. The molecule has 25 heavy (non-hydrogen) atoms. The highest BCUT2D eigenvalue weighted by atomic mass is 19.1. The van der Waals surface area contributed by atoms with Crippen molar-refractivity contribution in [1.29, 1.82) is 0 Å². The summed E-state index contributed by atoms with van der Waals surface area (Å²) in [6, 6.07) is 6.53. The maximum absolute atomic E-state index is 13.3. The van der Waals surface area contributed by atoms with Crippen molar-refractivity contribution in [2.75, 3.05) is 6.61 Å². The third kappa shape index (κ3) is 3.52. The molecule has 1 aliphatic carbocycles. The van der Waals surface area contributed by atoms with Gasteiger partial charge in [0.05, 0.1) is 12.7 Å². The maximum Gasteiger partial charge on any atom is 0.303 e. The summed E-state index contributed by atoms with van der Waals surface area (Å²) in [5.41, 5.74) is 0.792. The second-order valence-electron chi connectivity index (χ2n) is 7.03. The van der Waals surface area contributed by atoms with Crippen molar-refractivity contribution in [2.45, 2.75) is 43.6 Å². The van der Waals surface area contributed by atoms with E-state index >= 15 is 0 Å². The van der Waals surface area contributed by atoms with E-state index < -0.39 is 5.97 Å². The molecule has 1 aromatic carbocycles. The van der Waals surface area contributed by atoms with E-state index in [9.17, 15) is 14.0 Å². The van der Waals surface area contributed by atoms with Crippen LogP contribution in [-0.2, 0) is 19.7 Å². The molecule has 0 spiro atoms. The summed E-state index contributed by atoms with van der Waals surface area (Å²) in [4.78, 5) is 22.1. The predicted octanol–water partition coefficient (Wildman–Crippen LogP) is 3.50. The van der Waals surface area contributed by atoms with Gasteiger partial charge in [0.1, 0.15) is 12.1 Å². The van der Waals surface area contributed by atoms with Crippen LogP contribution in [0.3, 0.4) is 0 Å². The molecule has 1 aliphatic heterocycles. The molecule has 0 unspecified atom stereocenters. The molecule has 3 rings (SSSR count). The Hall–Kier alpha value is -2.01. The van der Waals surface area contributed by atoms with Crippen molar-refractivity contribution in [3.05, 3.63) is 47.8 Å². The number of benzene rings is 1. The van der Waals surface area contributed by atoms with Gasteiger partial charge in [-0.2, -0.15) is 0 Å². The monoisotopic (exact) mass is 346 g/mol. The van der Waals surface area contributed by atoms with Crippen LogP contribution in [0.1, 0.15) is 37.7 Å². The molecule has 2 aliphatic rings. The Morgan fingerprint density at radius 1 is 1.32 bits per heavy atom. The summed E-state index contributed by atoms with van der Waals surface area (Å²) in [6.07, 6.45) is 8.01. The van der Waals surface area contributed by atoms with Crippen LogP contribution in [0.2, 0.25) is 0 Å². The number of halogens is 1. The summed E-state index contributed by atoms with van der Waals surface area (Å²) < 4.78 is 19.1. The highest BCUT2D eigenvalue weighted by molar-refractivity contribution is 5.66. The van der Waals surface area contributed by atoms with Crippen molar-refractivity contribution < 1.29 is 23.8 Å². The van der Waals surface area contributed by atoms with Gasteiger partial charge in [-0.1, -0.05) is 24.3 Å². The number of unbranched alkanes of at least 4 members (excludes halogenated alkanes) is 1. The molecule has 4 nitrogen and oxygen atoms in total.